The minimum atomic E-state index is -0.289. The van der Waals surface area contributed by atoms with Crippen LogP contribution in [-0.4, -0.2) is 13.1 Å². The molecule has 0 saturated carbocycles. The van der Waals surface area contributed by atoms with E-state index in [4.69, 9.17) is 0 Å². The van der Waals surface area contributed by atoms with E-state index in [0.717, 1.165) is 17.7 Å². The van der Waals surface area contributed by atoms with Gasteiger partial charge in [0.25, 0.3) is 0 Å². The number of ether oxygens (including phenoxy) is 1. The van der Waals surface area contributed by atoms with Crippen LogP contribution in [0.25, 0.3) is 6.08 Å². The Morgan fingerprint density at radius 3 is 3.14 bits per heavy atom. The summed E-state index contributed by atoms with van der Waals surface area (Å²) in [5.41, 5.74) is 2.87. The summed E-state index contributed by atoms with van der Waals surface area (Å²) in [6.07, 6.45) is 3.89. The molecule has 72 valence electrons. The van der Waals surface area contributed by atoms with E-state index < -0.39 is 0 Å². The van der Waals surface area contributed by atoms with Crippen LogP contribution in [0.3, 0.4) is 0 Å². The summed E-state index contributed by atoms with van der Waals surface area (Å²) in [6, 6.07) is 5.57. The average molecular weight is 189 g/mol. The van der Waals surface area contributed by atoms with E-state index in [0.29, 0.717) is 5.56 Å². The number of hydrogen-bond donors (Lipinski definition) is 1. The van der Waals surface area contributed by atoms with Crippen molar-refractivity contribution in [1.29, 1.82) is 0 Å². The molecule has 0 atom stereocenters. The maximum atomic E-state index is 11.2. The first-order valence-corrected chi connectivity index (χ1v) is 4.42. The number of hydrogen-bond acceptors (Lipinski definition) is 3. The molecule has 3 nitrogen and oxygen atoms in total. The summed E-state index contributed by atoms with van der Waals surface area (Å²) in [7, 11) is 1.39. The molecule has 1 aromatic carbocycles. The van der Waals surface area contributed by atoms with Gasteiger partial charge in [0, 0.05) is 6.54 Å². The van der Waals surface area contributed by atoms with E-state index in [1.54, 1.807) is 6.07 Å². The summed E-state index contributed by atoms with van der Waals surface area (Å²) < 4.78 is 4.65. The number of nitrogens with one attached hydrogen (secondary N) is 1. The fourth-order valence-corrected chi connectivity index (χ4v) is 1.48. The molecule has 3 heteroatoms. The number of methoxy groups -OCH3 is 1. The van der Waals surface area contributed by atoms with Crippen molar-refractivity contribution in [1.82, 2.24) is 5.32 Å². The zero-order chi connectivity index (χ0) is 9.97. The van der Waals surface area contributed by atoms with Crippen molar-refractivity contribution in [2.75, 3.05) is 7.11 Å². The maximum Gasteiger partial charge on any atom is 0.337 e. The van der Waals surface area contributed by atoms with Crippen molar-refractivity contribution in [3.8, 4) is 0 Å². The van der Waals surface area contributed by atoms with Gasteiger partial charge in [-0.15, -0.1) is 0 Å². The van der Waals surface area contributed by atoms with Gasteiger partial charge in [-0.3, -0.25) is 0 Å². The molecule has 0 unspecified atom stereocenters. The molecular formula is C11H11NO2. The molecule has 0 spiro atoms. The Morgan fingerprint density at radius 1 is 1.50 bits per heavy atom. The lowest BCUT2D eigenvalue weighted by molar-refractivity contribution is 0.0600. The summed E-state index contributed by atoms with van der Waals surface area (Å²) in [5.74, 6) is -0.289. The van der Waals surface area contributed by atoms with Crippen LogP contribution in [0, 0.1) is 0 Å². The van der Waals surface area contributed by atoms with Gasteiger partial charge in [0.05, 0.1) is 12.7 Å². The lowest BCUT2D eigenvalue weighted by Crippen LogP contribution is -2.11. The highest BCUT2D eigenvalue weighted by molar-refractivity contribution is 5.90. The average Bonchev–Trinajstić information content (AvgIpc) is 2.27. The SMILES string of the molecule is COC(=O)c1ccc2c(c1)CNC=C2. The predicted molar refractivity (Wildman–Crippen MR) is 53.7 cm³/mol. The molecule has 0 saturated heterocycles. The minimum absolute atomic E-state index is 0.289. The molecule has 0 radical (unpaired) electrons. The van der Waals surface area contributed by atoms with Crippen LogP contribution >= 0.6 is 0 Å². The first kappa shape index (κ1) is 8.81. The number of fused-ring (bicyclic) bond motifs is 1. The number of esters is 1. The Morgan fingerprint density at radius 2 is 2.36 bits per heavy atom. The lowest BCUT2D eigenvalue weighted by Gasteiger charge is -2.12. The van der Waals surface area contributed by atoms with Gasteiger partial charge < -0.3 is 10.1 Å². The molecule has 14 heavy (non-hydrogen) atoms. The highest BCUT2D eigenvalue weighted by atomic mass is 16.5. The molecule has 2 rings (SSSR count). The summed E-state index contributed by atoms with van der Waals surface area (Å²) in [4.78, 5) is 11.2. The van der Waals surface area contributed by atoms with E-state index >= 15 is 0 Å². The zero-order valence-corrected chi connectivity index (χ0v) is 7.91. The molecule has 0 aliphatic carbocycles. The molecule has 1 aliphatic heterocycles. The first-order chi connectivity index (χ1) is 6.81. The maximum absolute atomic E-state index is 11.2. The Labute approximate surface area is 82.4 Å². The van der Waals surface area contributed by atoms with Crippen LogP contribution in [-0.2, 0) is 11.3 Å². The van der Waals surface area contributed by atoms with E-state index in [9.17, 15) is 4.79 Å². The smallest absolute Gasteiger partial charge is 0.337 e. The number of benzene rings is 1. The standard InChI is InChI=1S/C11H11NO2/c1-14-11(13)9-3-2-8-4-5-12-7-10(8)6-9/h2-6,12H,7H2,1H3. The molecule has 1 aliphatic rings. The van der Waals surface area contributed by atoms with Crippen LogP contribution in [0.4, 0.5) is 0 Å². The van der Waals surface area contributed by atoms with E-state index in [1.807, 2.05) is 24.4 Å². The third-order valence-corrected chi connectivity index (χ3v) is 2.24. The predicted octanol–water partition coefficient (Wildman–Crippen LogP) is 1.55. The molecule has 0 aromatic heterocycles. The van der Waals surface area contributed by atoms with Crippen LogP contribution in [0.15, 0.2) is 24.4 Å². The van der Waals surface area contributed by atoms with Crippen LogP contribution < -0.4 is 5.32 Å². The Kier molecular flexibility index (Phi) is 2.23. The molecule has 0 bridgehead atoms. The first-order valence-electron chi connectivity index (χ1n) is 4.42. The van der Waals surface area contributed by atoms with E-state index in [-0.39, 0.29) is 5.97 Å². The fourth-order valence-electron chi connectivity index (χ4n) is 1.48. The Bertz CT molecular complexity index is 396. The third kappa shape index (κ3) is 1.48. The van der Waals surface area contributed by atoms with Gasteiger partial charge >= 0.3 is 5.97 Å². The zero-order valence-electron chi connectivity index (χ0n) is 7.91. The van der Waals surface area contributed by atoms with Gasteiger partial charge in [0.1, 0.15) is 0 Å². The van der Waals surface area contributed by atoms with Crippen LogP contribution in [0.2, 0.25) is 0 Å². The van der Waals surface area contributed by atoms with Gasteiger partial charge in [0.2, 0.25) is 0 Å². The molecular weight excluding hydrogens is 178 g/mol. The van der Waals surface area contributed by atoms with Crippen molar-refractivity contribution in [2.24, 2.45) is 0 Å². The Balaban J connectivity index is 2.39. The van der Waals surface area contributed by atoms with Crippen molar-refractivity contribution < 1.29 is 9.53 Å². The fraction of sp³-hybridized carbons (Fsp3) is 0.182. The summed E-state index contributed by atoms with van der Waals surface area (Å²) >= 11 is 0. The quantitative estimate of drug-likeness (QED) is 0.681. The van der Waals surface area contributed by atoms with E-state index in [2.05, 4.69) is 10.1 Å². The minimum Gasteiger partial charge on any atom is -0.465 e. The molecule has 1 N–H and O–H groups in total. The second-order valence-corrected chi connectivity index (χ2v) is 3.12. The molecule has 0 fully saturated rings. The van der Waals surface area contributed by atoms with Crippen molar-refractivity contribution in [3.05, 3.63) is 41.1 Å². The van der Waals surface area contributed by atoms with Gasteiger partial charge in [-0.1, -0.05) is 6.07 Å². The number of carbonyl (C=O) groups is 1. The number of carbonyl (C=O) groups excluding carboxylic acids is 1. The highest BCUT2D eigenvalue weighted by Crippen LogP contribution is 2.16. The highest BCUT2D eigenvalue weighted by Gasteiger charge is 2.09. The topological polar surface area (TPSA) is 38.3 Å². The van der Waals surface area contributed by atoms with Crippen molar-refractivity contribution in [3.63, 3.8) is 0 Å². The monoisotopic (exact) mass is 189 g/mol. The summed E-state index contributed by atoms with van der Waals surface area (Å²) in [5, 5.41) is 3.09. The third-order valence-electron chi connectivity index (χ3n) is 2.24. The Hall–Kier alpha value is -1.77. The summed E-state index contributed by atoms with van der Waals surface area (Å²) in [6.45, 7) is 0.761. The van der Waals surface area contributed by atoms with Crippen LogP contribution in [0.5, 0.6) is 0 Å². The normalized spacial score (nSPS) is 12.9. The number of rotatable bonds is 1. The van der Waals surface area contributed by atoms with Gasteiger partial charge in [-0.25, -0.2) is 4.79 Å². The molecule has 1 heterocycles. The molecule has 1 aromatic rings. The van der Waals surface area contributed by atoms with Crippen molar-refractivity contribution in [2.45, 2.75) is 6.54 Å². The van der Waals surface area contributed by atoms with Gasteiger partial charge in [0.15, 0.2) is 0 Å². The molecule has 0 amide bonds. The van der Waals surface area contributed by atoms with E-state index in [1.165, 1.54) is 7.11 Å². The van der Waals surface area contributed by atoms with Gasteiger partial charge in [-0.2, -0.15) is 0 Å². The largest absolute Gasteiger partial charge is 0.465 e. The second kappa shape index (κ2) is 3.54. The lowest BCUT2D eigenvalue weighted by atomic mass is 10.0. The second-order valence-electron chi connectivity index (χ2n) is 3.12. The van der Waals surface area contributed by atoms with Gasteiger partial charge in [-0.05, 0) is 35.5 Å². The van der Waals surface area contributed by atoms with Crippen LogP contribution in [0.1, 0.15) is 21.5 Å². The van der Waals surface area contributed by atoms with Crippen molar-refractivity contribution >= 4 is 12.0 Å².